The Morgan fingerprint density at radius 1 is 1.73 bits per heavy atom. The van der Waals surface area contributed by atoms with Gasteiger partial charge in [0, 0.05) is 6.04 Å². The number of hydrogen-bond donors (Lipinski definition) is 2. The molecule has 0 aromatic carbocycles. The molecule has 0 heterocycles. The molecule has 1 fully saturated rings. The highest BCUT2D eigenvalue weighted by Crippen LogP contribution is 2.34. The van der Waals surface area contributed by atoms with Crippen LogP contribution in [-0.2, 0) is 0 Å². The van der Waals surface area contributed by atoms with Crippen LogP contribution in [0.1, 0.15) is 32.6 Å². The first-order valence-corrected chi connectivity index (χ1v) is 4.34. The van der Waals surface area contributed by atoms with Gasteiger partial charge in [-0.15, -0.1) is 6.58 Å². The summed E-state index contributed by atoms with van der Waals surface area (Å²) >= 11 is 0. The molecule has 0 bridgehead atoms. The van der Waals surface area contributed by atoms with Crippen LogP contribution in [0, 0.1) is 5.92 Å². The average molecular weight is 154 g/mol. The van der Waals surface area contributed by atoms with E-state index in [9.17, 15) is 0 Å². The fourth-order valence-electron chi connectivity index (χ4n) is 1.36. The third kappa shape index (κ3) is 3.04. The Morgan fingerprint density at radius 3 is 2.73 bits per heavy atom. The molecule has 64 valence electrons. The molecule has 0 aliphatic heterocycles. The van der Waals surface area contributed by atoms with Crippen molar-refractivity contribution in [2.75, 3.05) is 0 Å². The molecule has 1 aliphatic rings. The Morgan fingerprint density at radius 2 is 2.36 bits per heavy atom. The van der Waals surface area contributed by atoms with E-state index in [0.29, 0.717) is 6.04 Å². The highest BCUT2D eigenvalue weighted by atomic mass is 15.2. The van der Waals surface area contributed by atoms with E-state index in [-0.39, 0.29) is 0 Å². The Labute approximate surface area is 68.8 Å². The monoisotopic (exact) mass is 154 g/mol. The zero-order valence-corrected chi connectivity index (χ0v) is 7.27. The molecule has 2 nitrogen and oxygen atoms in total. The second-order valence-electron chi connectivity index (χ2n) is 3.61. The molecule has 0 aromatic rings. The van der Waals surface area contributed by atoms with Crippen molar-refractivity contribution in [1.82, 2.24) is 5.43 Å². The summed E-state index contributed by atoms with van der Waals surface area (Å²) in [5.41, 5.74) is 4.13. The number of hydrazine groups is 1. The van der Waals surface area contributed by atoms with Crippen LogP contribution in [-0.4, -0.2) is 6.04 Å². The van der Waals surface area contributed by atoms with Gasteiger partial charge in [0.2, 0.25) is 0 Å². The van der Waals surface area contributed by atoms with Gasteiger partial charge in [0.15, 0.2) is 0 Å². The lowest BCUT2D eigenvalue weighted by atomic mass is 10.0. The topological polar surface area (TPSA) is 38.0 Å². The molecule has 3 N–H and O–H groups in total. The lowest BCUT2D eigenvalue weighted by molar-refractivity contribution is 0.445. The summed E-state index contributed by atoms with van der Waals surface area (Å²) < 4.78 is 0. The van der Waals surface area contributed by atoms with Crippen LogP contribution in [0.5, 0.6) is 0 Å². The van der Waals surface area contributed by atoms with E-state index in [1.165, 1.54) is 18.4 Å². The second kappa shape index (κ2) is 3.88. The molecule has 1 rings (SSSR count). The van der Waals surface area contributed by atoms with Crippen molar-refractivity contribution < 1.29 is 0 Å². The minimum absolute atomic E-state index is 0.534. The summed E-state index contributed by atoms with van der Waals surface area (Å²) in [7, 11) is 0. The van der Waals surface area contributed by atoms with Gasteiger partial charge < -0.3 is 0 Å². The van der Waals surface area contributed by atoms with E-state index in [4.69, 9.17) is 5.84 Å². The van der Waals surface area contributed by atoms with Crippen molar-refractivity contribution >= 4 is 0 Å². The van der Waals surface area contributed by atoms with Gasteiger partial charge in [0.25, 0.3) is 0 Å². The van der Waals surface area contributed by atoms with E-state index in [1.54, 1.807) is 0 Å². The minimum atomic E-state index is 0.534. The maximum Gasteiger partial charge on any atom is 0.0241 e. The summed E-state index contributed by atoms with van der Waals surface area (Å²) in [4.78, 5) is 0. The van der Waals surface area contributed by atoms with Gasteiger partial charge in [0.1, 0.15) is 0 Å². The molecule has 1 unspecified atom stereocenters. The predicted octanol–water partition coefficient (Wildman–Crippen LogP) is 1.58. The van der Waals surface area contributed by atoms with Crippen molar-refractivity contribution in [1.29, 1.82) is 0 Å². The molecule has 1 saturated carbocycles. The minimum Gasteiger partial charge on any atom is -0.271 e. The Balaban J connectivity index is 2.15. The molecule has 11 heavy (non-hydrogen) atoms. The van der Waals surface area contributed by atoms with E-state index in [1.807, 2.05) is 0 Å². The van der Waals surface area contributed by atoms with Crippen LogP contribution in [0.4, 0.5) is 0 Å². The quantitative estimate of drug-likeness (QED) is 0.358. The Kier molecular flexibility index (Phi) is 3.09. The van der Waals surface area contributed by atoms with Gasteiger partial charge in [0.05, 0.1) is 0 Å². The molecule has 1 aliphatic carbocycles. The van der Waals surface area contributed by atoms with E-state index < -0.39 is 0 Å². The van der Waals surface area contributed by atoms with E-state index in [2.05, 4.69) is 18.9 Å². The molecule has 0 amide bonds. The van der Waals surface area contributed by atoms with Crippen LogP contribution >= 0.6 is 0 Å². The number of nitrogens with one attached hydrogen (secondary N) is 1. The molecule has 2 heteroatoms. The first kappa shape index (κ1) is 8.75. The third-order valence-corrected chi connectivity index (χ3v) is 2.29. The largest absolute Gasteiger partial charge is 0.271 e. The summed E-state index contributed by atoms with van der Waals surface area (Å²) in [5.74, 6) is 6.27. The molecule has 0 saturated heterocycles. The van der Waals surface area contributed by atoms with Crippen molar-refractivity contribution in [3.63, 3.8) is 0 Å². The molecular formula is C9H18N2. The van der Waals surface area contributed by atoms with Crippen molar-refractivity contribution in [3.05, 3.63) is 12.2 Å². The number of allylic oxidation sites excluding steroid dienone is 1. The zero-order chi connectivity index (χ0) is 8.27. The second-order valence-corrected chi connectivity index (χ2v) is 3.61. The lowest BCUT2D eigenvalue weighted by Gasteiger charge is -2.14. The van der Waals surface area contributed by atoms with Gasteiger partial charge in [-0.3, -0.25) is 11.3 Å². The van der Waals surface area contributed by atoms with E-state index in [0.717, 1.165) is 18.8 Å². The maximum absolute atomic E-state index is 5.42. The summed E-state index contributed by atoms with van der Waals surface area (Å²) in [5, 5.41) is 0. The Hall–Kier alpha value is -0.340. The maximum atomic E-state index is 5.42. The van der Waals surface area contributed by atoms with E-state index >= 15 is 0 Å². The first-order valence-electron chi connectivity index (χ1n) is 4.34. The number of hydrogen-bond acceptors (Lipinski definition) is 2. The van der Waals surface area contributed by atoms with Gasteiger partial charge in [-0.1, -0.05) is 5.57 Å². The Bertz CT molecular complexity index is 138. The van der Waals surface area contributed by atoms with Crippen LogP contribution in [0.25, 0.3) is 0 Å². The van der Waals surface area contributed by atoms with Crippen LogP contribution < -0.4 is 11.3 Å². The van der Waals surface area contributed by atoms with Crippen LogP contribution in [0.3, 0.4) is 0 Å². The standard InChI is InChI=1S/C9H18N2/c1-7(2)3-6-9(11-10)8-4-5-8/h8-9,11H,1,3-6,10H2,2H3. The SMILES string of the molecule is C=C(C)CCC(NN)C1CC1. The van der Waals surface area contributed by atoms with Crippen LogP contribution in [0.2, 0.25) is 0 Å². The lowest BCUT2D eigenvalue weighted by Crippen LogP contribution is -2.36. The average Bonchev–Trinajstić information content (AvgIpc) is 2.72. The number of rotatable bonds is 5. The third-order valence-electron chi connectivity index (χ3n) is 2.29. The summed E-state index contributed by atoms with van der Waals surface area (Å²) in [6.45, 7) is 5.94. The van der Waals surface area contributed by atoms with Crippen LogP contribution in [0.15, 0.2) is 12.2 Å². The fraction of sp³-hybridized carbons (Fsp3) is 0.778. The van der Waals surface area contributed by atoms with Gasteiger partial charge >= 0.3 is 0 Å². The zero-order valence-electron chi connectivity index (χ0n) is 7.27. The first-order chi connectivity index (χ1) is 5.24. The van der Waals surface area contributed by atoms with Crippen molar-refractivity contribution in [2.24, 2.45) is 11.8 Å². The van der Waals surface area contributed by atoms with Gasteiger partial charge in [-0.2, -0.15) is 0 Å². The molecule has 0 radical (unpaired) electrons. The predicted molar refractivity (Wildman–Crippen MR) is 47.9 cm³/mol. The normalized spacial score (nSPS) is 19.8. The summed E-state index contributed by atoms with van der Waals surface area (Å²) in [6.07, 6.45) is 4.96. The van der Waals surface area contributed by atoms with Gasteiger partial charge in [-0.25, -0.2) is 0 Å². The molecule has 0 aromatic heterocycles. The van der Waals surface area contributed by atoms with Crippen molar-refractivity contribution in [3.8, 4) is 0 Å². The van der Waals surface area contributed by atoms with Crippen molar-refractivity contribution in [2.45, 2.75) is 38.6 Å². The van der Waals surface area contributed by atoms with Gasteiger partial charge in [-0.05, 0) is 38.5 Å². The molecular weight excluding hydrogens is 136 g/mol. The highest BCUT2D eigenvalue weighted by Gasteiger charge is 2.29. The molecule has 1 atom stereocenters. The fourth-order valence-corrected chi connectivity index (χ4v) is 1.36. The number of nitrogens with two attached hydrogens (primary N) is 1. The molecule has 0 spiro atoms. The summed E-state index contributed by atoms with van der Waals surface area (Å²) in [6, 6.07) is 0.534. The highest BCUT2D eigenvalue weighted by molar-refractivity contribution is 4.92. The smallest absolute Gasteiger partial charge is 0.0241 e.